The molecule has 0 spiro atoms. The van der Waals surface area contributed by atoms with Crippen LogP contribution in [0.4, 0.5) is 0 Å². The molecule has 1 N–H and O–H groups in total. The molecule has 0 aliphatic heterocycles. The number of rotatable bonds is 5. The summed E-state index contributed by atoms with van der Waals surface area (Å²) in [5.74, 6) is 6.84. The molecule has 1 aromatic heterocycles. The van der Waals surface area contributed by atoms with Crippen LogP contribution in [0.25, 0.3) is 0 Å². The van der Waals surface area contributed by atoms with Gasteiger partial charge in [0.1, 0.15) is 0 Å². The van der Waals surface area contributed by atoms with Gasteiger partial charge in [-0.15, -0.1) is 10.2 Å². The zero-order chi connectivity index (χ0) is 14.2. The van der Waals surface area contributed by atoms with Crippen LogP contribution in [-0.4, -0.2) is 28.2 Å². The largest absolute Gasteiger partial charge is 0.395 e. The van der Waals surface area contributed by atoms with Gasteiger partial charge in [-0.1, -0.05) is 58.8 Å². The fourth-order valence-corrected chi connectivity index (χ4v) is 3.82. The summed E-state index contributed by atoms with van der Waals surface area (Å²) in [7, 11) is 0. The van der Waals surface area contributed by atoms with Gasteiger partial charge in [-0.25, -0.2) is 0 Å². The van der Waals surface area contributed by atoms with Crippen LogP contribution in [0.2, 0.25) is 0 Å². The summed E-state index contributed by atoms with van der Waals surface area (Å²) in [5, 5.41) is 16.9. The van der Waals surface area contributed by atoms with Crippen molar-refractivity contribution in [2.24, 2.45) is 0 Å². The predicted octanol–water partition coefficient (Wildman–Crippen LogP) is 3.29. The molecule has 0 bridgehead atoms. The molecular weight excluding hydrogens is 308 g/mol. The maximum absolute atomic E-state index is 8.71. The van der Waals surface area contributed by atoms with Crippen LogP contribution in [-0.2, 0) is 5.75 Å². The lowest BCUT2D eigenvalue weighted by Crippen LogP contribution is -1.83. The number of hydrogen-bond acceptors (Lipinski definition) is 6. The molecule has 0 aliphatic rings. The monoisotopic (exact) mass is 322 g/mol. The summed E-state index contributed by atoms with van der Waals surface area (Å²) in [6.45, 7) is 0.108. The zero-order valence-corrected chi connectivity index (χ0v) is 13.4. The van der Waals surface area contributed by atoms with Gasteiger partial charge in [0.15, 0.2) is 8.68 Å². The minimum atomic E-state index is 0.108. The van der Waals surface area contributed by atoms with E-state index in [1.165, 1.54) is 5.56 Å². The Morgan fingerprint density at radius 2 is 2.15 bits per heavy atom. The summed E-state index contributed by atoms with van der Waals surface area (Å²) in [5.41, 5.74) is 2.20. The fraction of sp³-hybridized carbons (Fsp3) is 0.286. The quantitative estimate of drug-likeness (QED) is 0.676. The van der Waals surface area contributed by atoms with E-state index < -0.39 is 0 Å². The van der Waals surface area contributed by atoms with E-state index in [2.05, 4.69) is 34.2 Å². The molecule has 104 valence electrons. The number of nitrogens with zero attached hydrogens (tertiary/aromatic N) is 2. The van der Waals surface area contributed by atoms with Gasteiger partial charge in [0.25, 0.3) is 0 Å². The second kappa shape index (κ2) is 8.32. The van der Waals surface area contributed by atoms with E-state index >= 15 is 0 Å². The Bertz CT molecular complexity index is 616. The van der Waals surface area contributed by atoms with Crippen LogP contribution < -0.4 is 0 Å². The zero-order valence-electron chi connectivity index (χ0n) is 11.0. The van der Waals surface area contributed by atoms with Crippen molar-refractivity contribution in [3.8, 4) is 11.8 Å². The SMILES string of the molecule is CSc1nnc(SCc2cccc(C#CCCO)c2)s1. The Morgan fingerprint density at radius 3 is 2.90 bits per heavy atom. The second-order valence-corrected chi connectivity index (χ2v) is 7.06. The normalized spacial score (nSPS) is 10.1. The highest BCUT2D eigenvalue weighted by Crippen LogP contribution is 2.29. The molecule has 2 rings (SSSR count). The highest BCUT2D eigenvalue weighted by molar-refractivity contribution is 8.02. The number of aliphatic hydroxyl groups excluding tert-OH is 1. The van der Waals surface area contributed by atoms with Gasteiger partial charge in [-0.3, -0.25) is 0 Å². The van der Waals surface area contributed by atoms with Crippen molar-refractivity contribution in [2.45, 2.75) is 20.9 Å². The summed E-state index contributed by atoms with van der Waals surface area (Å²) in [6.07, 6.45) is 2.52. The lowest BCUT2D eigenvalue weighted by atomic mass is 10.1. The van der Waals surface area contributed by atoms with Gasteiger partial charge in [0.05, 0.1) is 6.61 Å². The second-order valence-electron chi connectivity index (χ2n) is 3.80. The van der Waals surface area contributed by atoms with E-state index in [0.717, 1.165) is 20.0 Å². The molecule has 1 aromatic carbocycles. The highest BCUT2D eigenvalue weighted by Gasteiger charge is 2.04. The number of aromatic nitrogens is 2. The van der Waals surface area contributed by atoms with Gasteiger partial charge < -0.3 is 5.11 Å². The van der Waals surface area contributed by atoms with Crippen molar-refractivity contribution in [1.29, 1.82) is 0 Å². The standard InChI is InChI=1S/C14H14N2OS3/c1-18-13-15-16-14(20-13)19-10-12-7-4-6-11(9-12)5-2-3-8-17/h4,6-7,9,17H,3,8,10H2,1H3. The van der Waals surface area contributed by atoms with Crippen molar-refractivity contribution in [3.63, 3.8) is 0 Å². The lowest BCUT2D eigenvalue weighted by Gasteiger charge is -1.99. The van der Waals surface area contributed by atoms with Crippen molar-refractivity contribution < 1.29 is 5.11 Å². The van der Waals surface area contributed by atoms with E-state index in [-0.39, 0.29) is 6.61 Å². The van der Waals surface area contributed by atoms with Crippen LogP contribution in [0.1, 0.15) is 17.5 Å². The Hall–Kier alpha value is -1.00. The van der Waals surface area contributed by atoms with Crippen LogP contribution in [0.3, 0.4) is 0 Å². The summed E-state index contributed by atoms with van der Waals surface area (Å²) >= 11 is 4.93. The fourth-order valence-electron chi connectivity index (χ4n) is 1.44. The molecule has 0 saturated heterocycles. The van der Waals surface area contributed by atoms with Gasteiger partial charge in [-0.2, -0.15) is 0 Å². The molecule has 20 heavy (non-hydrogen) atoms. The van der Waals surface area contributed by atoms with Gasteiger partial charge in [0.2, 0.25) is 0 Å². The van der Waals surface area contributed by atoms with Crippen LogP contribution in [0, 0.1) is 11.8 Å². The lowest BCUT2D eigenvalue weighted by molar-refractivity contribution is 0.305. The van der Waals surface area contributed by atoms with E-state index in [0.29, 0.717) is 6.42 Å². The third kappa shape index (κ3) is 4.84. The van der Waals surface area contributed by atoms with Gasteiger partial charge in [-0.05, 0) is 24.0 Å². The number of thioether (sulfide) groups is 2. The first-order chi connectivity index (χ1) is 9.81. The Kier molecular flexibility index (Phi) is 6.40. The molecule has 0 radical (unpaired) electrons. The van der Waals surface area contributed by atoms with Crippen LogP contribution in [0.5, 0.6) is 0 Å². The third-order valence-corrected chi connectivity index (χ3v) is 5.42. The topological polar surface area (TPSA) is 46.0 Å². The summed E-state index contributed by atoms with van der Waals surface area (Å²) in [6, 6.07) is 8.15. The maximum atomic E-state index is 8.71. The minimum Gasteiger partial charge on any atom is -0.395 e. The first-order valence-corrected chi connectivity index (χ1v) is 9.03. The molecular formula is C14H14N2OS3. The Labute approximate surface area is 131 Å². The smallest absolute Gasteiger partial charge is 0.175 e. The van der Waals surface area contributed by atoms with E-state index in [4.69, 9.17) is 5.11 Å². The average molecular weight is 322 g/mol. The molecule has 0 amide bonds. The molecule has 0 unspecified atom stereocenters. The van der Waals surface area contributed by atoms with Crippen molar-refractivity contribution in [2.75, 3.05) is 12.9 Å². The first kappa shape index (κ1) is 15.4. The summed E-state index contributed by atoms with van der Waals surface area (Å²) < 4.78 is 1.99. The molecule has 2 aromatic rings. The molecule has 0 aliphatic carbocycles. The average Bonchev–Trinajstić information content (AvgIpc) is 2.94. The molecule has 0 saturated carbocycles. The van der Waals surface area contributed by atoms with E-state index in [1.807, 2.05) is 18.4 Å². The van der Waals surface area contributed by atoms with Crippen molar-refractivity contribution in [1.82, 2.24) is 10.2 Å². The van der Waals surface area contributed by atoms with Gasteiger partial charge in [0, 0.05) is 17.7 Å². The maximum Gasteiger partial charge on any atom is 0.175 e. The Morgan fingerprint density at radius 1 is 1.30 bits per heavy atom. The third-order valence-electron chi connectivity index (χ3n) is 2.32. The number of hydrogen-bond donors (Lipinski definition) is 1. The van der Waals surface area contributed by atoms with Crippen LogP contribution >= 0.6 is 34.9 Å². The van der Waals surface area contributed by atoms with Crippen molar-refractivity contribution >= 4 is 34.9 Å². The molecule has 3 nitrogen and oxygen atoms in total. The van der Waals surface area contributed by atoms with E-state index in [1.54, 1.807) is 34.9 Å². The molecule has 6 heteroatoms. The number of benzene rings is 1. The molecule has 1 heterocycles. The first-order valence-electron chi connectivity index (χ1n) is 6.01. The molecule has 0 fully saturated rings. The highest BCUT2D eigenvalue weighted by atomic mass is 32.2. The minimum absolute atomic E-state index is 0.108. The van der Waals surface area contributed by atoms with Crippen LogP contribution in [0.15, 0.2) is 32.9 Å². The van der Waals surface area contributed by atoms with Gasteiger partial charge >= 0.3 is 0 Å². The van der Waals surface area contributed by atoms with Crippen molar-refractivity contribution in [3.05, 3.63) is 35.4 Å². The number of aliphatic hydroxyl groups is 1. The van der Waals surface area contributed by atoms with E-state index in [9.17, 15) is 0 Å². The summed E-state index contributed by atoms with van der Waals surface area (Å²) in [4.78, 5) is 0. The predicted molar refractivity (Wildman–Crippen MR) is 86.3 cm³/mol. The Balaban J connectivity index is 1.96. The molecule has 0 atom stereocenters.